The molecular formula is C8H13NO2. The maximum Gasteiger partial charge on any atom is 0.249 e. The highest BCUT2D eigenvalue weighted by molar-refractivity contribution is 5.85. The number of hydrogen-bond donors (Lipinski definition) is 1. The molecule has 0 fully saturated rings. The highest BCUT2D eigenvalue weighted by atomic mass is 16.5. The molecule has 0 aromatic rings. The van der Waals surface area contributed by atoms with Crippen molar-refractivity contribution in [2.24, 2.45) is 5.73 Å². The summed E-state index contributed by atoms with van der Waals surface area (Å²) in [4.78, 5) is 10.1. The molecule has 2 N–H and O–H groups in total. The molecule has 0 saturated carbocycles. The standard InChI is InChI=1S/C8H13NO2/c1-2-3-6-11-7-4-5-8(9)10/h5,7H,2-3,6H2,1H3,(H2,9,10). The maximum atomic E-state index is 10.1. The highest BCUT2D eigenvalue weighted by Crippen LogP contribution is 1.86. The topological polar surface area (TPSA) is 52.3 Å². The van der Waals surface area contributed by atoms with Gasteiger partial charge in [-0.2, -0.15) is 0 Å². The van der Waals surface area contributed by atoms with Crippen LogP contribution in [0, 0.1) is 0 Å². The van der Waals surface area contributed by atoms with Crippen molar-refractivity contribution in [2.75, 3.05) is 6.61 Å². The van der Waals surface area contributed by atoms with Crippen LogP contribution < -0.4 is 5.73 Å². The van der Waals surface area contributed by atoms with E-state index in [-0.39, 0.29) is 0 Å². The summed E-state index contributed by atoms with van der Waals surface area (Å²) in [6, 6.07) is 0. The minimum Gasteiger partial charge on any atom is -0.493 e. The third kappa shape index (κ3) is 8.79. The molecule has 0 aliphatic carbocycles. The zero-order valence-corrected chi connectivity index (χ0v) is 6.67. The highest BCUT2D eigenvalue weighted by Gasteiger charge is 1.79. The fourth-order valence-corrected chi connectivity index (χ4v) is 0.451. The lowest BCUT2D eigenvalue weighted by Crippen LogP contribution is -2.04. The van der Waals surface area contributed by atoms with Crippen molar-refractivity contribution in [1.29, 1.82) is 0 Å². The van der Waals surface area contributed by atoms with E-state index in [1.54, 1.807) is 0 Å². The average Bonchev–Trinajstić information content (AvgIpc) is 1.96. The van der Waals surface area contributed by atoms with Crippen molar-refractivity contribution in [3.8, 4) is 0 Å². The van der Waals surface area contributed by atoms with Crippen LogP contribution in [-0.2, 0) is 9.53 Å². The van der Waals surface area contributed by atoms with Crippen LogP contribution in [0.15, 0.2) is 18.1 Å². The molecule has 0 atom stereocenters. The van der Waals surface area contributed by atoms with Gasteiger partial charge < -0.3 is 10.5 Å². The molecule has 11 heavy (non-hydrogen) atoms. The zero-order chi connectivity index (χ0) is 8.53. The van der Waals surface area contributed by atoms with Crippen LogP contribution in [-0.4, -0.2) is 12.5 Å². The summed E-state index contributed by atoms with van der Waals surface area (Å²) in [5.74, 6) is -0.514. The summed E-state index contributed by atoms with van der Waals surface area (Å²) in [5, 5.41) is 0. The van der Waals surface area contributed by atoms with Gasteiger partial charge in [0.15, 0.2) is 0 Å². The summed E-state index contributed by atoms with van der Waals surface area (Å²) in [6.07, 6.45) is 4.58. The van der Waals surface area contributed by atoms with Crippen LogP contribution in [0.4, 0.5) is 0 Å². The number of carbonyl (C=O) groups is 1. The number of unbranched alkanes of at least 4 members (excludes halogenated alkanes) is 1. The molecule has 62 valence electrons. The third-order valence-electron chi connectivity index (χ3n) is 0.993. The van der Waals surface area contributed by atoms with Crippen molar-refractivity contribution in [3.63, 3.8) is 0 Å². The van der Waals surface area contributed by atoms with Crippen LogP contribution in [0.2, 0.25) is 0 Å². The second kappa shape index (κ2) is 6.90. The largest absolute Gasteiger partial charge is 0.493 e. The van der Waals surface area contributed by atoms with Crippen LogP contribution in [0.25, 0.3) is 0 Å². The van der Waals surface area contributed by atoms with Crippen molar-refractivity contribution < 1.29 is 9.53 Å². The summed E-state index contributed by atoms with van der Waals surface area (Å²) in [7, 11) is 0. The van der Waals surface area contributed by atoms with E-state index in [9.17, 15) is 4.79 Å². The van der Waals surface area contributed by atoms with E-state index in [1.807, 2.05) is 0 Å². The number of hydrogen-bond acceptors (Lipinski definition) is 2. The molecule has 0 aliphatic heterocycles. The molecule has 0 bridgehead atoms. The molecule has 0 rings (SSSR count). The molecule has 3 heteroatoms. The Hall–Kier alpha value is -1.21. The molecule has 1 amide bonds. The summed E-state index contributed by atoms with van der Waals surface area (Å²) < 4.78 is 4.95. The number of ether oxygens (including phenoxy) is 1. The van der Waals surface area contributed by atoms with Gasteiger partial charge in [-0.25, -0.2) is 0 Å². The first-order valence-electron chi connectivity index (χ1n) is 3.59. The van der Waals surface area contributed by atoms with E-state index in [2.05, 4.69) is 12.7 Å². The predicted molar refractivity (Wildman–Crippen MR) is 42.7 cm³/mol. The summed E-state index contributed by atoms with van der Waals surface area (Å²) >= 11 is 0. The first-order valence-corrected chi connectivity index (χ1v) is 3.59. The molecule has 0 unspecified atom stereocenters. The fraction of sp³-hybridized carbons (Fsp3) is 0.500. The fourth-order valence-electron chi connectivity index (χ4n) is 0.451. The van der Waals surface area contributed by atoms with Crippen LogP contribution in [0.1, 0.15) is 19.8 Å². The number of carbonyl (C=O) groups excluding carboxylic acids is 1. The van der Waals surface area contributed by atoms with Crippen molar-refractivity contribution in [2.45, 2.75) is 19.8 Å². The van der Waals surface area contributed by atoms with Gasteiger partial charge in [-0.05, 0) is 6.42 Å². The molecule has 0 aliphatic rings. The Kier molecular flexibility index (Phi) is 6.14. The third-order valence-corrected chi connectivity index (χ3v) is 0.993. The Labute approximate surface area is 66.5 Å². The molecule has 0 aromatic carbocycles. The lowest BCUT2D eigenvalue weighted by atomic mass is 10.4. The van der Waals surface area contributed by atoms with Gasteiger partial charge in [0.05, 0.1) is 6.61 Å². The normalized spacial score (nSPS) is 8.09. The van der Waals surface area contributed by atoms with Crippen LogP contribution in [0.5, 0.6) is 0 Å². The second-order valence-corrected chi connectivity index (χ2v) is 2.06. The smallest absolute Gasteiger partial charge is 0.249 e. The Morgan fingerprint density at radius 3 is 3.00 bits per heavy atom. The van der Waals surface area contributed by atoms with E-state index in [0.717, 1.165) is 18.9 Å². The van der Waals surface area contributed by atoms with Gasteiger partial charge in [0.1, 0.15) is 6.26 Å². The lowest BCUT2D eigenvalue weighted by molar-refractivity contribution is -0.113. The molecule has 0 saturated heterocycles. The predicted octanol–water partition coefficient (Wildman–Crippen LogP) is 0.957. The van der Waals surface area contributed by atoms with E-state index in [0.29, 0.717) is 6.61 Å². The van der Waals surface area contributed by atoms with Crippen molar-refractivity contribution in [1.82, 2.24) is 0 Å². The number of nitrogens with two attached hydrogens (primary N) is 1. The summed E-state index contributed by atoms with van der Waals surface area (Å²) in [6.45, 7) is 2.74. The zero-order valence-electron chi connectivity index (χ0n) is 6.67. The van der Waals surface area contributed by atoms with E-state index in [4.69, 9.17) is 10.5 Å². The van der Waals surface area contributed by atoms with Crippen molar-refractivity contribution in [3.05, 3.63) is 18.1 Å². The van der Waals surface area contributed by atoms with Crippen LogP contribution >= 0.6 is 0 Å². The lowest BCUT2D eigenvalue weighted by Gasteiger charge is -1.93. The quantitative estimate of drug-likeness (QED) is 0.278. The Bertz CT molecular complexity index is 169. The molecule has 0 aromatic heterocycles. The second-order valence-electron chi connectivity index (χ2n) is 2.06. The average molecular weight is 155 g/mol. The minimum absolute atomic E-state index is 0.514. The SMILES string of the molecule is CCCCOC=C=CC(N)=O. The van der Waals surface area contributed by atoms with Gasteiger partial charge in [0.25, 0.3) is 0 Å². The van der Waals surface area contributed by atoms with Crippen LogP contribution in [0.3, 0.4) is 0 Å². The number of rotatable bonds is 5. The van der Waals surface area contributed by atoms with E-state index < -0.39 is 5.91 Å². The first kappa shape index (κ1) is 9.79. The Morgan fingerprint density at radius 1 is 1.73 bits per heavy atom. The number of amides is 1. The van der Waals surface area contributed by atoms with Gasteiger partial charge in [-0.3, -0.25) is 4.79 Å². The Morgan fingerprint density at radius 2 is 2.45 bits per heavy atom. The Balaban J connectivity index is 3.36. The van der Waals surface area contributed by atoms with E-state index >= 15 is 0 Å². The maximum absolute atomic E-state index is 10.1. The van der Waals surface area contributed by atoms with Gasteiger partial charge in [-0.15, -0.1) is 0 Å². The van der Waals surface area contributed by atoms with Gasteiger partial charge in [0, 0.05) is 6.08 Å². The monoisotopic (exact) mass is 155 g/mol. The first-order chi connectivity index (χ1) is 5.27. The number of primary amides is 1. The molecular weight excluding hydrogens is 142 g/mol. The molecule has 0 heterocycles. The molecule has 3 nitrogen and oxygen atoms in total. The van der Waals surface area contributed by atoms with Gasteiger partial charge in [-0.1, -0.05) is 19.1 Å². The molecule has 0 radical (unpaired) electrons. The van der Waals surface area contributed by atoms with Gasteiger partial charge >= 0.3 is 0 Å². The van der Waals surface area contributed by atoms with Gasteiger partial charge in [0.2, 0.25) is 5.91 Å². The molecule has 0 spiro atoms. The summed E-state index contributed by atoms with van der Waals surface area (Å²) in [5.41, 5.74) is 7.30. The van der Waals surface area contributed by atoms with Crippen molar-refractivity contribution >= 4 is 5.91 Å². The minimum atomic E-state index is -0.514. The van der Waals surface area contributed by atoms with E-state index in [1.165, 1.54) is 6.26 Å².